The molecule has 1 aliphatic heterocycles. The second kappa shape index (κ2) is 7.69. The fraction of sp³-hybridized carbons (Fsp3) is 0.421. The van der Waals surface area contributed by atoms with Gasteiger partial charge in [0.25, 0.3) is 5.56 Å². The molecule has 2 aromatic heterocycles. The molecule has 0 radical (unpaired) electrons. The lowest BCUT2D eigenvalue weighted by Gasteiger charge is -2.25. The lowest BCUT2D eigenvalue weighted by molar-refractivity contribution is 0.183. The molecule has 1 unspecified atom stereocenters. The molecule has 154 valence electrons. The highest BCUT2D eigenvalue weighted by molar-refractivity contribution is 7.89. The Morgan fingerprint density at radius 1 is 1.28 bits per heavy atom. The van der Waals surface area contributed by atoms with Crippen molar-refractivity contribution in [3.63, 3.8) is 0 Å². The number of fused-ring (bicyclic) bond motifs is 1. The maximum atomic E-state index is 13.2. The van der Waals surface area contributed by atoms with Crippen LogP contribution >= 0.6 is 0 Å². The number of ether oxygens (including phenoxy) is 1. The number of aryl methyl sites for hydroxylation is 1. The minimum atomic E-state index is -3.76. The Hall–Kier alpha value is -2.56. The largest absolute Gasteiger partial charge is 0.383 e. The van der Waals surface area contributed by atoms with Gasteiger partial charge in [-0.2, -0.15) is 9.40 Å². The summed E-state index contributed by atoms with van der Waals surface area (Å²) in [6.07, 6.45) is 4.11. The smallest absolute Gasteiger partial charge is 0.261 e. The number of para-hydroxylation sites is 1. The summed E-state index contributed by atoms with van der Waals surface area (Å²) in [6, 6.07) is 6.60. The zero-order chi connectivity index (χ0) is 20.6. The molecule has 0 spiro atoms. The number of sulfonamides is 1. The molecular weight excluding hydrogens is 394 g/mol. The molecule has 1 atom stereocenters. The van der Waals surface area contributed by atoms with Crippen molar-refractivity contribution >= 4 is 20.9 Å². The van der Waals surface area contributed by atoms with E-state index >= 15 is 0 Å². The fourth-order valence-corrected chi connectivity index (χ4v) is 5.43. The summed E-state index contributed by atoms with van der Waals surface area (Å²) in [4.78, 5) is 18.0. The van der Waals surface area contributed by atoms with Crippen molar-refractivity contribution < 1.29 is 13.2 Å². The molecule has 0 N–H and O–H groups in total. The van der Waals surface area contributed by atoms with Gasteiger partial charge in [-0.1, -0.05) is 12.1 Å². The molecular formula is C19H23N5O4S. The van der Waals surface area contributed by atoms with E-state index in [1.165, 1.54) is 21.4 Å². The van der Waals surface area contributed by atoms with Crippen LogP contribution < -0.4 is 5.56 Å². The Balaban J connectivity index is 1.85. The van der Waals surface area contributed by atoms with Gasteiger partial charge in [-0.25, -0.2) is 13.4 Å². The molecule has 1 aliphatic rings. The summed E-state index contributed by atoms with van der Waals surface area (Å²) in [5.41, 5.74) is 0.375. The Morgan fingerprint density at radius 2 is 2.07 bits per heavy atom. The molecule has 1 aromatic carbocycles. The first-order valence-electron chi connectivity index (χ1n) is 9.42. The molecule has 0 saturated carbocycles. The molecule has 1 fully saturated rings. The van der Waals surface area contributed by atoms with Crippen molar-refractivity contribution in [1.29, 1.82) is 0 Å². The van der Waals surface area contributed by atoms with Crippen molar-refractivity contribution in [2.24, 2.45) is 7.05 Å². The number of hydrogen-bond acceptors (Lipinski definition) is 6. The third kappa shape index (κ3) is 3.47. The molecule has 10 heteroatoms. The van der Waals surface area contributed by atoms with Crippen LogP contribution in [0.1, 0.15) is 24.7 Å². The molecule has 3 heterocycles. The average molecular weight is 417 g/mol. The minimum Gasteiger partial charge on any atom is -0.383 e. The van der Waals surface area contributed by atoms with Gasteiger partial charge in [-0.3, -0.25) is 14.0 Å². The zero-order valence-corrected chi connectivity index (χ0v) is 17.2. The fourth-order valence-electron chi connectivity index (χ4n) is 3.79. The van der Waals surface area contributed by atoms with Gasteiger partial charge in [0.2, 0.25) is 10.0 Å². The van der Waals surface area contributed by atoms with Crippen LogP contribution in [-0.4, -0.2) is 52.3 Å². The highest BCUT2D eigenvalue weighted by Gasteiger charge is 2.39. The Kier molecular flexibility index (Phi) is 5.24. The van der Waals surface area contributed by atoms with Gasteiger partial charge in [0.1, 0.15) is 10.7 Å². The van der Waals surface area contributed by atoms with Crippen molar-refractivity contribution in [1.82, 2.24) is 23.6 Å². The topological polar surface area (TPSA) is 99.3 Å². The van der Waals surface area contributed by atoms with E-state index in [9.17, 15) is 13.2 Å². The molecule has 0 bridgehead atoms. The minimum absolute atomic E-state index is 0.137. The van der Waals surface area contributed by atoms with E-state index in [1.807, 2.05) is 6.07 Å². The van der Waals surface area contributed by atoms with Gasteiger partial charge in [-0.05, 0) is 25.0 Å². The van der Waals surface area contributed by atoms with Gasteiger partial charge in [0.15, 0.2) is 0 Å². The Bertz CT molecular complexity index is 1200. The van der Waals surface area contributed by atoms with Gasteiger partial charge >= 0.3 is 0 Å². The van der Waals surface area contributed by atoms with E-state index in [0.29, 0.717) is 49.3 Å². The summed E-state index contributed by atoms with van der Waals surface area (Å²) < 4.78 is 36.1. The van der Waals surface area contributed by atoms with E-state index < -0.39 is 16.1 Å². The van der Waals surface area contributed by atoms with E-state index in [0.717, 1.165) is 0 Å². The number of aromatic nitrogens is 4. The number of rotatable bonds is 6. The molecule has 1 saturated heterocycles. The van der Waals surface area contributed by atoms with Crippen LogP contribution in [0.15, 0.2) is 46.3 Å². The quantitative estimate of drug-likeness (QED) is 0.600. The SMILES string of the molecule is COCCn1c(C2CCCN2S(=O)(=O)c2cnn(C)c2)nc2ccccc2c1=O. The van der Waals surface area contributed by atoms with E-state index in [-0.39, 0.29) is 10.5 Å². The predicted molar refractivity (Wildman–Crippen MR) is 107 cm³/mol. The molecule has 0 aliphatic carbocycles. The van der Waals surface area contributed by atoms with E-state index in [2.05, 4.69) is 5.10 Å². The highest BCUT2D eigenvalue weighted by Crippen LogP contribution is 2.35. The van der Waals surface area contributed by atoms with Crippen molar-refractivity contribution in [3.8, 4) is 0 Å². The van der Waals surface area contributed by atoms with E-state index in [1.54, 1.807) is 36.9 Å². The maximum absolute atomic E-state index is 13.2. The second-order valence-corrected chi connectivity index (χ2v) is 8.95. The van der Waals surface area contributed by atoms with Crippen LogP contribution in [0.4, 0.5) is 0 Å². The Labute approximate surface area is 168 Å². The summed E-state index contributed by atoms with van der Waals surface area (Å²) in [5.74, 6) is 0.454. The monoisotopic (exact) mass is 417 g/mol. The molecule has 0 amide bonds. The van der Waals surface area contributed by atoms with Gasteiger partial charge in [0.05, 0.1) is 36.3 Å². The summed E-state index contributed by atoms with van der Waals surface area (Å²) in [6.45, 7) is 1.00. The van der Waals surface area contributed by atoms with Crippen LogP contribution in [-0.2, 0) is 28.4 Å². The summed E-state index contributed by atoms with van der Waals surface area (Å²) in [5, 5.41) is 4.50. The molecule has 3 aromatic rings. The molecule has 4 rings (SSSR count). The molecule has 29 heavy (non-hydrogen) atoms. The number of nitrogens with zero attached hydrogens (tertiary/aromatic N) is 5. The number of benzene rings is 1. The summed E-state index contributed by atoms with van der Waals surface area (Å²) >= 11 is 0. The van der Waals surface area contributed by atoms with Crippen molar-refractivity contribution in [3.05, 3.63) is 52.8 Å². The average Bonchev–Trinajstić information content (AvgIpc) is 3.37. The van der Waals surface area contributed by atoms with Gasteiger partial charge < -0.3 is 4.74 Å². The first-order valence-corrected chi connectivity index (χ1v) is 10.9. The molecule has 9 nitrogen and oxygen atoms in total. The first kappa shape index (κ1) is 19.7. The Morgan fingerprint density at radius 3 is 2.79 bits per heavy atom. The third-order valence-corrected chi connectivity index (χ3v) is 7.06. The normalized spacial score (nSPS) is 17.9. The predicted octanol–water partition coefficient (Wildman–Crippen LogP) is 1.30. The summed E-state index contributed by atoms with van der Waals surface area (Å²) in [7, 11) is -0.517. The lowest BCUT2D eigenvalue weighted by Crippen LogP contribution is -2.36. The second-order valence-electron chi connectivity index (χ2n) is 7.06. The highest BCUT2D eigenvalue weighted by atomic mass is 32.2. The van der Waals surface area contributed by atoms with Gasteiger partial charge in [-0.15, -0.1) is 0 Å². The first-order chi connectivity index (χ1) is 13.9. The lowest BCUT2D eigenvalue weighted by atomic mass is 10.2. The zero-order valence-electron chi connectivity index (χ0n) is 16.4. The van der Waals surface area contributed by atoms with Crippen molar-refractivity contribution in [2.45, 2.75) is 30.3 Å². The van der Waals surface area contributed by atoms with Crippen molar-refractivity contribution in [2.75, 3.05) is 20.3 Å². The number of methoxy groups -OCH3 is 1. The van der Waals surface area contributed by atoms with Crippen LogP contribution in [0.5, 0.6) is 0 Å². The third-order valence-electron chi connectivity index (χ3n) is 5.20. The maximum Gasteiger partial charge on any atom is 0.261 e. The number of hydrogen-bond donors (Lipinski definition) is 0. The standard InChI is InChI=1S/C19H23N5O4S/c1-22-13-14(12-20-22)29(26,27)24-9-5-8-17(24)18-21-16-7-4-3-6-15(16)19(25)23(18)10-11-28-2/h3-4,6-7,12-13,17H,5,8-11H2,1-2H3. The van der Waals surface area contributed by atoms with Crippen LogP contribution in [0, 0.1) is 0 Å². The van der Waals surface area contributed by atoms with Crippen LogP contribution in [0.3, 0.4) is 0 Å². The van der Waals surface area contributed by atoms with Crippen LogP contribution in [0.2, 0.25) is 0 Å². The van der Waals surface area contributed by atoms with E-state index in [4.69, 9.17) is 9.72 Å². The van der Waals surface area contributed by atoms with Gasteiger partial charge in [0, 0.05) is 26.9 Å². The van der Waals surface area contributed by atoms with Crippen LogP contribution in [0.25, 0.3) is 10.9 Å².